The molecule has 0 spiro atoms. The number of nitrogens with one attached hydrogen (secondary N) is 1. The number of amides is 1. The zero-order valence-corrected chi connectivity index (χ0v) is 11.3. The Morgan fingerprint density at radius 3 is 3.00 bits per heavy atom. The number of carbonyl (C=O) groups excluding carboxylic acids is 1. The van der Waals surface area contributed by atoms with Crippen LogP contribution in [-0.4, -0.2) is 22.9 Å². The van der Waals surface area contributed by atoms with E-state index in [0.29, 0.717) is 5.56 Å². The standard InChI is InChI=1S/C14H12FN3OS/c15-12-5-3-4-11(8-12)9-17-18-13(19)10-20-14-6-1-2-7-16-14/h1-9H,10H2,(H,18,19). The number of nitrogens with zero attached hydrogens (tertiary/aromatic N) is 2. The number of halogens is 1. The SMILES string of the molecule is O=C(CSc1ccccn1)NN=Cc1cccc(F)c1. The van der Waals surface area contributed by atoms with E-state index in [0.717, 1.165) is 5.03 Å². The number of benzene rings is 1. The largest absolute Gasteiger partial charge is 0.272 e. The second-order valence-corrected chi connectivity index (χ2v) is 4.80. The molecule has 1 amide bonds. The Kier molecular flexibility index (Phi) is 5.25. The van der Waals surface area contributed by atoms with Crippen LogP contribution in [0.25, 0.3) is 0 Å². The number of hydrogen-bond acceptors (Lipinski definition) is 4. The molecule has 20 heavy (non-hydrogen) atoms. The number of carbonyl (C=O) groups is 1. The molecule has 0 saturated carbocycles. The lowest BCUT2D eigenvalue weighted by molar-refractivity contribution is -0.118. The molecule has 102 valence electrons. The highest BCUT2D eigenvalue weighted by molar-refractivity contribution is 7.99. The molecule has 0 atom stereocenters. The van der Waals surface area contributed by atoms with Crippen LogP contribution in [0.15, 0.2) is 58.8 Å². The molecular weight excluding hydrogens is 277 g/mol. The number of aromatic nitrogens is 1. The van der Waals surface area contributed by atoms with E-state index in [1.807, 2.05) is 18.2 Å². The van der Waals surface area contributed by atoms with E-state index in [1.54, 1.807) is 18.3 Å². The van der Waals surface area contributed by atoms with E-state index >= 15 is 0 Å². The maximum Gasteiger partial charge on any atom is 0.250 e. The Hall–Kier alpha value is -2.21. The molecule has 0 aliphatic rings. The molecule has 2 aromatic rings. The second kappa shape index (κ2) is 7.40. The van der Waals surface area contributed by atoms with Gasteiger partial charge in [-0.25, -0.2) is 14.8 Å². The number of hydrazone groups is 1. The van der Waals surface area contributed by atoms with E-state index in [9.17, 15) is 9.18 Å². The van der Waals surface area contributed by atoms with Crippen molar-refractivity contribution in [2.75, 3.05) is 5.75 Å². The van der Waals surface area contributed by atoms with Crippen molar-refractivity contribution in [3.05, 3.63) is 60.0 Å². The third kappa shape index (κ3) is 4.81. The molecule has 0 bridgehead atoms. The molecule has 6 heteroatoms. The Labute approximate surface area is 120 Å². The Morgan fingerprint density at radius 2 is 2.25 bits per heavy atom. The smallest absolute Gasteiger partial charge is 0.250 e. The first kappa shape index (κ1) is 14.2. The van der Waals surface area contributed by atoms with Gasteiger partial charge in [-0.15, -0.1) is 0 Å². The summed E-state index contributed by atoms with van der Waals surface area (Å²) in [5.74, 6) is -0.364. The average molecular weight is 289 g/mol. The Bertz CT molecular complexity index is 604. The average Bonchev–Trinajstić information content (AvgIpc) is 2.46. The lowest BCUT2D eigenvalue weighted by Crippen LogP contribution is -2.19. The lowest BCUT2D eigenvalue weighted by atomic mass is 10.2. The van der Waals surface area contributed by atoms with Crippen LogP contribution in [0.5, 0.6) is 0 Å². The van der Waals surface area contributed by atoms with Crippen LogP contribution in [0.3, 0.4) is 0 Å². The fraction of sp³-hybridized carbons (Fsp3) is 0.0714. The monoisotopic (exact) mass is 289 g/mol. The van der Waals surface area contributed by atoms with Gasteiger partial charge >= 0.3 is 0 Å². The highest BCUT2D eigenvalue weighted by Gasteiger charge is 2.01. The molecule has 1 aromatic carbocycles. The van der Waals surface area contributed by atoms with E-state index in [1.165, 1.54) is 30.1 Å². The summed E-state index contributed by atoms with van der Waals surface area (Å²) in [4.78, 5) is 15.6. The van der Waals surface area contributed by atoms with Gasteiger partial charge in [0, 0.05) is 6.20 Å². The number of hydrogen-bond donors (Lipinski definition) is 1. The van der Waals surface area contributed by atoms with Gasteiger partial charge in [-0.2, -0.15) is 5.10 Å². The van der Waals surface area contributed by atoms with Crippen LogP contribution in [0.2, 0.25) is 0 Å². The van der Waals surface area contributed by atoms with Gasteiger partial charge < -0.3 is 0 Å². The van der Waals surface area contributed by atoms with E-state index in [4.69, 9.17) is 0 Å². The number of pyridine rings is 1. The summed E-state index contributed by atoms with van der Waals surface area (Å²) in [5.41, 5.74) is 2.97. The normalized spacial score (nSPS) is 10.7. The van der Waals surface area contributed by atoms with E-state index in [2.05, 4.69) is 15.5 Å². The van der Waals surface area contributed by atoms with Crippen molar-refractivity contribution in [1.82, 2.24) is 10.4 Å². The van der Waals surface area contributed by atoms with Crippen molar-refractivity contribution < 1.29 is 9.18 Å². The number of thioether (sulfide) groups is 1. The quantitative estimate of drug-likeness (QED) is 0.522. The molecule has 0 radical (unpaired) electrons. The van der Waals surface area contributed by atoms with Crippen molar-refractivity contribution in [1.29, 1.82) is 0 Å². The predicted octanol–water partition coefficient (Wildman–Crippen LogP) is 2.46. The molecule has 0 aliphatic carbocycles. The fourth-order valence-electron chi connectivity index (χ4n) is 1.37. The van der Waals surface area contributed by atoms with E-state index in [-0.39, 0.29) is 17.5 Å². The molecule has 0 fully saturated rings. The van der Waals surface area contributed by atoms with Crippen LogP contribution >= 0.6 is 11.8 Å². The predicted molar refractivity (Wildman–Crippen MR) is 77.1 cm³/mol. The summed E-state index contributed by atoms with van der Waals surface area (Å²) < 4.78 is 12.9. The van der Waals surface area contributed by atoms with Crippen molar-refractivity contribution in [2.24, 2.45) is 5.10 Å². The Morgan fingerprint density at radius 1 is 1.35 bits per heavy atom. The minimum absolute atomic E-state index is 0.220. The van der Waals surface area contributed by atoms with Crippen molar-refractivity contribution in [3.8, 4) is 0 Å². The first-order valence-corrected chi connectivity index (χ1v) is 6.84. The van der Waals surface area contributed by atoms with Crippen molar-refractivity contribution >= 4 is 23.9 Å². The third-order valence-electron chi connectivity index (χ3n) is 2.24. The van der Waals surface area contributed by atoms with Crippen LogP contribution in [0.1, 0.15) is 5.56 Å². The molecule has 1 N–H and O–H groups in total. The highest BCUT2D eigenvalue weighted by atomic mass is 32.2. The van der Waals surface area contributed by atoms with Gasteiger partial charge in [-0.3, -0.25) is 4.79 Å². The summed E-state index contributed by atoms with van der Waals surface area (Å²) >= 11 is 1.32. The zero-order valence-electron chi connectivity index (χ0n) is 10.5. The summed E-state index contributed by atoms with van der Waals surface area (Å²) in [6, 6.07) is 11.4. The molecule has 0 aliphatic heterocycles. The zero-order chi connectivity index (χ0) is 14.2. The summed E-state index contributed by atoms with van der Waals surface area (Å²) in [6.07, 6.45) is 3.06. The van der Waals surface area contributed by atoms with Crippen LogP contribution in [-0.2, 0) is 4.79 Å². The maximum atomic E-state index is 12.9. The van der Waals surface area contributed by atoms with Gasteiger partial charge in [0.15, 0.2) is 0 Å². The summed E-state index contributed by atoms with van der Waals surface area (Å²) in [7, 11) is 0. The van der Waals surface area contributed by atoms with Crippen LogP contribution in [0.4, 0.5) is 4.39 Å². The Balaban J connectivity index is 1.78. The highest BCUT2D eigenvalue weighted by Crippen LogP contribution is 2.12. The summed E-state index contributed by atoms with van der Waals surface area (Å²) in [5, 5.41) is 4.54. The van der Waals surface area contributed by atoms with Crippen molar-refractivity contribution in [3.63, 3.8) is 0 Å². The van der Waals surface area contributed by atoms with Gasteiger partial charge in [0.1, 0.15) is 5.82 Å². The molecule has 1 aromatic heterocycles. The molecule has 1 heterocycles. The molecule has 2 rings (SSSR count). The molecule has 4 nitrogen and oxygen atoms in total. The second-order valence-electron chi connectivity index (χ2n) is 3.80. The van der Waals surface area contributed by atoms with Gasteiger partial charge in [0.25, 0.3) is 0 Å². The molecule has 0 unspecified atom stereocenters. The lowest BCUT2D eigenvalue weighted by Gasteiger charge is -1.99. The van der Waals surface area contributed by atoms with Gasteiger partial charge in [-0.1, -0.05) is 30.0 Å². The van der Waals surface area contributed by atoms with Gasteiger partial charge in [-0.05, 0) is 29.8 Å². The first-order valence-electron chi connectivity index (χ1n) is 5.85. The third-order valence-corrected chi connectivity index (χ3v) is 3.18. The summed E-state index contributed by atoms with van der Waals surface area (Å²) in [6.45, 7) is 0. The number of rotatable bonds is 5. The maximum absolute atomic E-state index is 12.9. The van der Waals surface area contributed by atoms with Crippen molar-refractivity contribution in [2.45, 2.75) is 5.03 Å². The first-order chi connectivity index (χ1) is 9.74. The minimum Gasteiger partial charge on any atom is -0.272 e. The minimum atomic E-state index is -0.342. The fourth-order valence-corrected chi connectivity index (χ4v) is 2.02. The van der Waals surface area contributed by atoms with Crippen LogP contribution in [0, 0.1) is 5.82 Å². The topological polar surface area (TPSA) is 54.4 Å². The van der Waals surface area contributed by atoms with Gasteiger partial charge in [0.2, 0.25) is 5.91 Å². The molecule has 0 saturated heterocycles. The van der Waals surface area contributed by atoms with Gasteiger partial charge in [0.05, 0.1) is 17.0 Å². The molecular formula is C14H12FN3OS. The van der Waals surface area contributed by atoms with E-state index < -0.39 is 0 Å². The van der Waals surface area contributed by atoms with Crippen LogP contribution < -0.4 is 5.43 Å².